The molecule has 110 valence electrons. The predicted molar refractivity (Wildman–Crippen MR) is 84.6 cm³/mol. The van der Waals surface area contributed by atoms with Crippen molar-refractivity contribution in [2.24, 2.45) is 5.73 Å². The van der Waals surface area contributed by atoms with Gasteiger partial charge in [-0.15, -0.1) is 11.3 Å². The summed E-state index contributed by atoms with van der Waals surface area (Å²) in [6, 6.07) is 2.69. The lowest BCUT2D eigenvalue weighted by atomic mass is 9.94. The van der Waals surface area contributed by atoms with Gasteiger partial charge in [-0.1, -0.05) is 31.1 Å². The molecule has 0 amide bonds. The van der Waals surface area contributed by atoms with Gasteiger partial charge in [-0.25, -0.2) is 0 Å². The first-order valence-electron chi connectivity index (χ1n) is 7.45. The molecule has 1 aliphatic carbocycles. The van der Waals surface area contributed by atoms with Crippen LogP contribution < -0.4 is 5.73 Å². The molecule has 1 aromatic rings. The quantitative estimate of drug-likeness (QED) is 0.818. The first kappa shape index (κ1) is 15.5. The molecule has 0 atom stereocenters. The summed E-state index contributed by atoms with van der Waals surface area (Å²) in [5, 5.41) is 11.4. The van der Waals surface area contributed by atoms with Gasteiger partial charge in [-0.3, -0.25) is 4.90 Å². The van der Waals surface area contributed by atoms with Gasteiger partial charge in [0, 0.05) is 29.6 Å². The Bertz CT molecular complexity index is 455. The highest BCUT2D eigenvalue weighted by atomic mass is 32.1. The van der Waals surface area contributed by atoms with Gasteiger partial charge in [-0.05, 0) is 24.3 Å². The summed E-state index contributed by atoms with van der Waals surface area (Å²) >= 11 is 1.75. The van der Waals surface area contributed by atoms with Gasteiger partial charge in [0.15, 0.2) is 0 Å². The fourth-order valence-corrected chi connectivity index (χ4v) is 3.73. The van der Waals surface area contributed by atoms with Crippen molar-refractivity contribution < 1.29 is 5.11 Å². The van der Waals surface area contributed by atoms with Crippen molar-refractivity contribution in [3.05, 3.63) is 21.9 Å². The molecule has 0 aromatic carbocycles. The van der Waals surface area contributed by atoms with Crippen molar-refractivity contribution >= 4 is 11.3 Å². The van der Waals surface area contributed by atoms with Crippen LogP contribution in [-0.2, 0) is 6.54 Å². The molecule has 1 heterocycles. The second kappa shape index (κ2) is 8.43. The molecular formula is C16H24N2OS. The van der Waals surface area contributed by atoms with Gasteiger partial charge in [0.05, 0.1) is 13.2 Å². The molecule has 0 bridgehead atoms. The fourth-order valence-electron chi connectivity index (χ4n) is 2.87. The molecule has 1 saturated carbocycles. The molecule has 1 aromatic heterocycles. The monoisotopic (exact) mass is 292 g/mol. The van der Waals surface area contributed by atoms with Crippen LogP contribution in [0, 0.1) is 11.8 Å². The van der Waals surface area contributed by atoms with Gasteiger partial charge >= 0.3 is 0 Å². The zero-order valence-electron chi connectivity index (χ0n) is 12.0. The van der Waals surface area contributed by atoms with Gasteiger partial charge in [0.1, 0.15) is 0 Å². The lowest BCUT2D eigenvalue weighted by Crippen LogP contribution is -2.38. The van der Waals surface area contributed by atoms with E-state index in [1.165, 1.54) is 37.0 Å². The lowest BCUT2D eigenvalue weighted by Gasteiger charge is -2.33. The number of nitrogens with two attached hydrogens (primary N) is 1. The minimum absolute atomic E-state index is 0.228. The molecule has 4 heteroatoms. The van der Waals surface area contributed by atoms with Crippen molar-refractivity contribution in [2.45, 2.75) is 44.7 Å². The number of aliphatic hydroxyl groups excluding tert-OH is 1. The van der Waals surface area contributed by atoms with E-state index in [4.69, 9.17) is 5.73 Å². The van der Waals surface area contributed by atoms with E-state index >= 15 is 0 Å². The Morgan fingerprint density at radius 3 is 2.85 bits per heavy atom. The maximum absolute atomic E-state index is 9.32. The lowest BCUT2D eigenvalue weighted by molar-refractivity contribution is 0.118. The number of nitrogens with zero attached hydrogens (tertiary/aromatic N) is 1. The van der Waals surface area contributed by atoms with Crippen LogP contribution in [0.3, 0.4) is 0 Å². The molecule has 0 unspecified atom stereocenters. The highest BCUT2D eigenvalue weighted by molar-refractivity contribution is 7.10. The van der Waals surface area contributed by atoms with Crippen molar-refractivity contribution in [1.82, 2.24) is 4.90 Å². The summed E-state index contributed by atoms with van der Waals surface area (Å²) in [7, 11) is 0. The number of aliphatic hydroxyl groups is 1. The number of hydrogen-bond acceptors (Lipinski definition) is 4. The average molecular weight is 292 g/mol. The number of hydrogen-bond donors (Lipinski definition) is 2. The van der Waals surface area contributed by atoms with E-state index in [1.54, 1.807) is 11.3 Å². The van der Waals surface area contributed by atoms with Gasteiger partial charge in [0.2, 0.25) is 0 Å². The maximum Gasteiger partial charge on any atom is 0.0558 e. The van der Waals surface area contributed by atoms with Gasteiger partial charge < -0.3 is 10.8 Å². The van der Waals surface area contributed by atoms with Crippen LogP contribution in [0.1, 0.15) is 42.5 Å². The Kier molecular flexibility index (Phi) is 6.55. The standard InChI is InChI=1S/C16H24N2OS/c17-9-4-5-14-8-12-20-16(14)13-18(10-11-19)15-6-2-1-3-7-15/h8,12,15,19H,1-3,6-7,9-11,13,17H2. The SMILES string of the molecule is NCC#Cc1ccsc1CN(CCO)C1CCCCC1. The third-order valence-electron chi connectivity index (χ3n) is 3.90. The molecule has 1 fully saturated rings. The maximum atomic E-state index is 9.32. The van der Waals surface area contributed by atoms with Crippen LogP contribution in [0.15, 0.2) is 11.4 Å². The molecule has 3 nitrogen and oxygen atoms in total. The average Bonchev–Trinajstić information content (AvgIpc) is 2.93. The highest BCUT2D eigenvalue weighted by Crippen LogP contribution is 2.26. The molecule has 20 heavy (non-hydrogen) atoms. The molecule has 0 radical (unpaired) electrons. The smallest absolute Gasteiger partial charge is 0.0558 e. The zero-order chi connectivity index (χ0) is 14.2. The van der Waals surface area contributed by atoms with Crippen molar-refractivity contribution in [1.29, 1.82) is 0 Å². The van der Waals surface area contributed by atoms with Crippen LogP contribution in [0.25, 0.3) is 0 Å². The van der Waals surface area contributed by atoms with Crippen LogP contribution in [0.2, 0.25) is 0 Å². The topological polar surface area (TPSA) is 49.5 Å². The summed E-state index contributed by atoms with van der Waals surface area (Å²) in [4.78, 5) is 3.73. The fraction of sp³-hybridized carbons (Fsp3) is 0.625. The molecule has 2 rings (SSSR count). The van der Waals surface area contributed by atoms with Crippen LogP contribution in [0.5, 0.6) is 0 Å². The second-order valence-electron chi connectivity index (χ2n) is 5.25. The van der Waals surface area contributed by atoms with E-state index in [0.717, 1.165) is 18.7 Å². The van der Waals surface area contributed by atoms with E-state index < -0.39 is 0 Å². The normalized spacial score (nSPS) is 16.1. The Morgan fingerprint density at radius 2 is 2.15 bits per heavy atom. The van der Waals surface area contributed by atoms with E-state index in [2.05, 4.69) is 28.2 Å². The molecule has 1 aliphatic rings. The van der Waals surface area contributed by atoms with E-state index in [9.17, 15) is 5.11 Å². The first-order chi connectivity index (χ1) is 9.85. The Labute approximate surface area is 125 Å². The minimum Gasteiger partial charge on any atom is -0.395 e. The molecule has 0 aliphatic heterocycles. The molecule has 0 saturated heterocycles. The third kappa shape index (κ3) is 4.32. The summed E-state index contributed by atoms with van der Waals surface area (Å²) in [6.07, 6.45) is 6.51. The third-order valence-corrected chi connectivity index (χ3v) is 4.80. The van der Waals surface area contributed by atoms with Crippen LogP contribution in [-0.4, -0.2) is 35.7 Å². The Hall–Kier alpha value is -0.860. The summed E-state index contributed by atoms with van der Waals surface area (Å²) in [5.74, 6) is 6.08. The molecule has 3 N–H and O–H groups in total. The molecule has 0 spiro atoms. The largest absolute Gasteiger partial charge is 0.395 e. The molecular weight excluding hydrogens is 268 g/mol. The highest BCUT2D eigenvalue weighted by Gasteiger charge is 2.21. The van der Waals surface area contributed by atoms with Crippen LogP contribution in [0.4, 0.5) is 0 Å². The van der Waals surface area contributed by atoms with E-state index in [1.807, 2.05) is 0 Å². The Balaban J connectivity index is 2.05. The summed E-state index contributed by atoms with van der Waals surface area (Å²) < 4.78 is 0. The first-order valence-corrected chi connectivity index (χ1v) is 8.33. The van der Waals surface area contributed by atoms with Crippen molar-refractivity contribution in [3.8, 4) is 11.8 Å². The summed E-state index contributed by atoms with van der Waals surface area (Å²) in [5.41, 5.74) is 6.54. The van der Waals surface area contributed by atoms with Gasteiger partial charge in [-0.2, -0.15) is 0 Å². The van der Waals surface area contributed by atoms with Crippen molar-refractivity contribution in [2.75, 3.05) is 19.7 Å². The van der Waals surface area contributed by atoms with Crippen molar-refractivity contribution in [3.63, 3.8) is 0 Å². The predicted octanol–water partition coefficient (Wildman–Crippen LogP) is 2.19. The Morgan fingerprint density at radius 1 is 1.35 bits per heavy atom. The number of rotatable bonds is 5. The second-order valence-corrected chi connectivity index (χ2v) is 6.25. The minimum atomic E-state index is 0.228. The zero-order valence-corrected chi connectivity index (χ0v) is 12.8. The van der Waals surface area contributed by atoms with Gasteiger partial charge in [0.25, 0.3) is 0 Å². The van der Waals surface area contributed by atoms with Crippen LogP contribution >= 0.6 is 11.3 Å². The summed E-state index contributed by atoms with van der Waals surface area (Å²) in [6.45, 7) is 2.29. The van der Waals surface area contributed by atoms with E-state index in [-0.39, 0.29) is 6.61 Å². The van der Waals surface area contributed by atoms with E-state index in [0.29, 0.717) is 12.6 Å². The number of thiophene rings is 1.